The summed E-state index contributed by atoms with van der Waals surface area (Å²) >= 11 is 1.70. The Labute approximate surface area is 321 Å². The minimum Gasteiger partial charge on any atom is -0.463 e. The topological polar surface area (TPSA) is 74.4 Å². The van der Waals surface area contributed by atoms with Gasteiger partial charge in [0.05, 0.1) is 27.9 Å². The molecule has 0 spiro atoms. The molecule has 0 bridgehead atoms. The number of aryl methyl sites for hydroxylation is 1. The minimum atomic E-state index is -1.15. The maximum Gasteiger partial charge on any atom is 0.217 e. The second-order valence-corrected chi connectivity index (χ2v) is 14.8. The van der Waals surface area contributed by atoms with Crippen LogP contribution in [-0.2, 0) is 12.1 Å². The standard InChI is InChI=1S/C46H33N7OS/c1-5-17-35-31(12-1)25-26-47-44(35)46(40-22-11-29-55-40)52(41-24-23-32-13-2-6-18-36(32)49-41)42(39-21-10-28-54-39)43(45-48-30-34-15-3-7-19-37(34)50-45)53(46)51-27-9-16-33-14-4-8-20-38(33)51/h1-8,10-15,17-26,28-30H,9,16,27H2. The van der Waals surface area contributed by atoms with Crippen molar-refractivity contribution in [2.75, 3.05) is 16.5 Å². The van der Waals surface area contributed by atoms with E-state index in [1.165, 1.54) is 5.56 Å². The fourth-order valence-corrected chi connectivity index (χ4v) is 9.34. The molecule has 2 aliphatic rings. The highest BCUT2D eigenvalue weighted by Gasteiger charge is 2.61. The van der Waals surface area contributed by atoms with Crippen LogP contribution in [0.15, 0.2) is 168 Å². The van der Waals surface area contributed by atoms with Gasteiger partial charge in [0.1, 0.15) is 22.9 Å². The van der Waals surface area contributed by atoms with Gasteiger partial charge in [-0.15, -0.1) is 11.3 Å². The second kappa shape index (κ2) is 12.6. The highest BCUT2D eigenvalue weighted by Crippen LogP contribution is 2.59. The third-order valence-electron chi connectivity index (χ3n) is 10.8. The van der Waals surface area contributed by atoms with Crippen LogP contribution in [0.5, 0.6) is 0 Å². The lowest BCUT2D eigenvalue weighted by molar-refractivity contribution is 0.202. The molecule has 0 N–H and O–H groups in total. The number of hydrogen-bond acceptors (Lipinski definition) is 9. The monoisotopic (exact) mass is 731 g/mol. The summed E-state index contributed by atoms with van der Waals surface area (Å²) in [4.78, 5) is 24.8. The van der Waals surface area contributed by atoms with Crippen LogP contribution in [0.3, 0.4) is 0 Å². The summed E-state index contributed by atoms with van der Waals surface area (Å²) in [5, 5.41) is 11.1. The number of thiophene rings is 1. The molecule has 1 atom stereocenters. The summed E-state index contributed by atoms with van der Waals surface area (Å²) in [7, 11) is 0. The molecule has 0 saturated heterocycles. The number of nitrogens with zero attached hydrogens (tertiary/aromatic N) is 7. The molecule has 0 radical (unpaired) electrons. The largest absolute Gasteiger partial charge is 0.463 e. The SMILES string of the molecule is c1coc(C2=C(c3ncc4ccccc4n3)N(N3CCCc4ccccc43)C(c3cccs3)(c3nccc4ccccc34)N2c2ccc3ccccc3n2)c1. The molecule has 9 aromatic rings. The van der Waals surface area contributed by atoms with E-state index in [0.717, 1.165) is 85.4 Å². The first-order valence-corrected chi connectivity index (χ1v) is 19.4. The van der Waals surface area contributed by atoms with E-state index in [-0.39, 0.29) is 0 Å². The van der Waals surface area contributed by atoms with E-state index in [0.29, 0.717) is 11.6 Å². The lowest BCUT2D eigenvalue weighted by Gasteiger charge is -2.51. The number of aromatic nitrogens is 4. The van der Waals surface area contributed by atoms with Gasteiger partial charge in [0.25, 0.3) is 0 Å². The summed E-state index contributed by atoms with van der Waals surface area (Å²) in [6.07, 6.45) is 7.51. The normalized spacial score (nSPS) is 17.1. The lowest BCUT2D eigenvalue weighted by atomic mass is 9.94. The molecular formula is C46H33N7OS. The maximum absolute atomic E-state index is 6.49. The van der Waals surface area contributed by atoms with E-state index in [2.05, 4.69) is 117 Å². The summed E-state index contributed by atoms with van der Waals surface area (Å²) in [5.74, 6) is 1.97. The first-order valence-electron chi connectivity index (χ1n) is 18.5. The lowest BCUT2D eigenvalue weighted by Crippen LogP contribution is -2.60. The van der Waals surface area contributed by atoms with Crippen LogP contribution in [0.25, 0.3) is 44.0 Å². The van der Waals surface area contributed by atoms with Crippen molar-refractivity contribution in [3.8, 4) is 0 Å². The molecular weight excluding hydrogens is 699 g/mol. The van der Waals surface area contributed by atoms with Gasteiger partial charge < -0.3 is 4.42 Å². The van der Waals surface area contributed by atoms with Gasteiger partial charge in [-0.05, 0) is 83.8 Å². The van der Waals surface area contributed by atoms with Gasteiger partial charge in [-0.1, -0.05) is 84.9 Å². The van der Waals surface area contributed by atoms with Crippen LogP contribution in [0.2, 0.25) is 0 Å². The van der Waals surface area contributed by atoms with E-state index in [4.69, 9.17) is 24.4 Å². The number of para-hydroxylation sites is 3. The van der Waals surface area contributed by atoms with Crippen molar-refractivity contribution in [3.63, 3.8) is 0 Å². The molecule has 2 aliphatic heterocycles. The number of rotatable bonds is 6. The van der Waals surface area contributed by atoms with Crippen molar-refractivity contribution in [1.82, 2.24) is 24.9 Å². The van der Waals surface area contributed by atoms with Gasteiger partial charge in [0.2, 0.25) is 5.66 Å². The molecule has 264 valence electrons. The Kier molecular flexibility index (Phi) is 7.28. The number of hydrogen-bond donors (Lipinski definition) is 0. The van der Waals surface area contributed by atoms with Gasteiger partial charge in [0, 0.05) is 35.1 Å². The molecule has 0 saturated carbocycles. The van der Waals surface area contributed by atoms with Crippen LogP contribution < -0.4 is 9.91 Å². The van der Waals surface area contributed by atoms with Crippen molar-refractivity contribution >= 4 is 66.8 Å². The fourth-order valence-electron chi connectivity index (χ4n) is 8.44. The zero-order valence-electron chi connectivity index (χ0n) is 29.7. The van der Waals surface area contributed by atoms with E-state index in [1.807, 2.05) is 54.9 Å². The molecule has 11 rings (SSSR count). The zero-order chi connectivity index (χ0) is 36.3. The van der Waals surface area contributed by atoms with Crippen molar-refractivity contribution in [2.24, 2.45) is 0 Å². The van der Waals surface area contributed by atoms with Crippen LogP contribution in [-0.4, -0.2) is 31.5 Å². The van der Waals surface area contributed by atoms with Crippen molar-refractivity contribution in [2.45, 2.75) is 18.5 Å². The molecule has 5 aromatic heterocycles. The zero-order valence-corrected chi connectivity index (χ0v) is 30.5. The molecule has 8 nitrogen and oxygen atoms in total. The highest BCUT2D eigenvalue weighted by atomic mass is 32.1. The highest BCUT2D eigenvalue weighted by molar-refractivity contribution is 7.10. The Morgan fingerprint density at radius 2 is 1.45 bits per heavy atom. The van der Waals surface area contributed by atoms with E-state index in [1.54, 1.807) is 17.6 Å². The van der Waals surface area contributed by atoms with Crippen LogP contribution in [0, 0.1) is 0 Å². The molecule has 55 heavy (non-hydrogen) atoms. The molecule has 0 aliphatic carbocycles. The van der Waals surface area contributed by atoms with Gasteiger partial charge in [0.15, 0.2) is 11.6 Å². The van der Waals surface area contributed by atoms with Crippen LogP contribution >= 0.6 is 11.3 Å². The number of fused-ring (bicyclic) bond motifs is 4. The Bertz CT molecular complexity index is 2900. The van der Waals surface area contributed by atoms with Gasteiger partial charge >= 0.3 is 0 Å². The first kappa shape index (κ1) is 31.7. The summed E-state index contributed by atoms with van der Waals surface area (Å²) in [6, 6.07) is 48.3. The second-order valence-electron chi connectivity index (χ2n) is 13.8. The number of hydrazine groups is 1. The van der Waals surface area contributed by atoms with Crippen molar-refractivity contribution in [3.05, 3.63) is 191 Å². The van der Waals surface area contributed by atoms with Gasteiger partial charge in [-0.3, -0.25) is 14.9 Å². The Balaban J connectivity index is 1.36. The van der Waals surface area contributed by atoms with E-state index in [9.17, 15) is 0 Å². The average molecular weight is 732 g/mol. The predicted octanol–water partition coefficient (Wildman–Crippen LogP) is 10.3. The maximum atomic E-state index is 6.49. The first-order chi connectivity index (χ1) is 27.3. The Morgan fingerprint density at radius 3 is 2.31 bits per heavy atom. The van der Waals surface area contributed by atoms with Crippen molar-refractivity contribution in [1.29, 1.82) is 0 Å². The van der Waals surface area contributed by atoms with Crippen molar-refractivity contribution < 1.29 is 4.42 Å². The molecule has 7 heterocycles. The summed E-state index contributed by atoms with van der Waals surface area (Å²) in [5.41, 5.74) is 5.41. The number of benzene rings is 4. The number of furan rings is 1. The fraction of sp³-hybridized carbons (Fsp3) is 0.0870. The third kappa shape index (κ3) is 4.83. The smallest absolute Gasteiger partial charge is 0.217 e. The van der Waals surface area contributed by atoms with Gasteiger partial charge in [-0.2, -0.15) is 0 Å². The minimum absolute atomic E-state index is 0.567. The Morgan fingerprint density at radius 1 is 0.655 bits per heavy atom. The number of anilines is 2. The average Bonchev–Trinajstić information content (AvgIpc) is 4.04. The number of pyridine rings is 2. The molecule has 0 amide bonds. The molecule has 0 fully saturated rings. The van der Waals surface area contributed by atoms with E-state index < -0.39 is 5.66 Å². The third-order valence-corrected chi connectivity index (χ3v) is 11.7. The van der Waals surface area contributed by atoms with Gasteiger partial charge in [-0.25, -0.2) is 20.0 Å². The van der Waals surface area contributed by atoms with Crippen LogP contribution in [0.4, 0.5) is 11.5 Å². The Hall–Kier alpha value is -6.84. The predicted molar refractivity (Wildman–Crippen MR) is 220 cm³/mol. The summed E-state index contributed by atoms with van der Waals surface area (Å²) < 4.78 is 6.49. The summed E-state index contributed by atoms with van der Waals surface area (Å²) in [6.45, 7) is 0.746. The molecule has 1 unspecified atom stereocenters. The quantitative estimate of drug-likeness (QED) is 0.167. The molecule has 4 aromatic carbocycles. The van der Waals surface area contributed by atoms with Crippen LogP contribution in [0.1, 0.15) is 34.1 Å². The molecule has 9 heteroatoms. The van der Waals surface area contributed by atoms with E-state index >= 15 is 0 Å².